The Morgan fingerprint density at radius 2 is 1.84 bits per heavy atom. The average molecular weight is 436 g/mol. The lowest BCUT2D eigenvalue weighted by molar-refractivity contribution is -0.132. The number of nitrogens with zero attached hydrogens (tertiary/aromatic N) is 4. The third kappa shape index (κ3) is 3.21. The van der Waals surface area contributed by atoms with Gasteiger partial charge in [0, 0.05) is 18.0 Å². The number of pyridine rings is 1. The Morgan fingerprint density at radius 3 is 2.55 bits per heavy atom. The van der Waals surface area contributed by atoms with Gasteiger partial charge in [0.1, 0.15) is 24.0 Å². The molecular formula is C21H16N4O5S. The van der Waals surface area contributed by atoms with Gasteiger partial charge >= 0.3 is 5.91 Å². The first-order valence-electron chi connectivity index (χ1n) is 9.45. The molecule has 0 bridgehead atoms. The molecule has 2 aliphatic rings. The molecule has 0 aliphatic carbocycles. The zero-order valence-corrected chi connectivity index (χ0v) is 17.1. The number of carbonyl (C=O) groups is 2. The van der Waals surface area contributed by atoms with Crippen molar-refractivity contribution in [3.63, 3.8) is 0 Å². The molecule has 0 radical (unpaired) electrons. The molecule has 5 rings (SSSR count). The van der Waals surface area contributed by atoms with Crippen LogP contribution in [0.5, 0.6) is 11.5 Å². The third-order valence-corrected chi connectivity index (χ3v) is 5.84. The van der Waals surface area contributed by atoms with Crippen molar-refractivity contribution in [2.45, 2.75) is 13.0 Å². The summed E-state index contributed by atoms with van der Waals surface area (Å²) in [7, 11) is 0. The van der Waals surface area contributed by atoms with E-state index in [2.05, 4.69) is 15.2 Å². The second kappa shape index (κ2) is 7.47. The van der Waals surface area contributed by atoms with Gasteiger partial charge in [-0.2, -0.15) is 0 Å². The van der Waals surface area contributed by atoms with Crippen molar-refractivity contribution >= 4 is 33.9 Å². The predicted octanol–water partition coefficient (Wildman–Crippen LogP) is 2.64. The quantitative estimate of drug-likeness (QED) is 0.379. The molecule has 1 N–H and O–H groups in total. The number of aryl methyl sites for hydroxylation is 1. The number of aromatic nitrogens is 3. The van der Waals surface area contributed by atoms with Gasteiger partial charge in [-0.15, -0.1) is 10.2 Å². The number of amides is 1. The molecule has 1 unspecified atom stereocenters. The highest BCUT2D eigenvalue weighted by Gasteiger charge is 2.48. The van der Waals surface area contributed by atoms with Gasteiger partial charge < -0.3 is 14.6 Å². The Bertz CT molecular complexity index is 1220. The van der Waals surface area contributed by atoms with E-state index in [1.807, 2.05) is 0 Å². The number of carbonyl (C=O) groups excluding carboxylic acids is 2. The van der Waals surface area contributed by atoms with E-state index in [4.69, 9.17) is 9.47 Å². The fourth-order valence-corrected chi connectivity index (χ4v) is 4.33. The molecule has 9 nitrogen and oxygen atoms in total. The van der Waals surface area contributed by atoms with Crippen molar-refractivity contribution in [1.82, 2.24) is 15.2 Å². The molecule has 1 atom stereocenters. The fourth-order valence-electron chi connectivity index (χ4n) is 3.62. The topological polar surface area (TPSA) is 115 Å². The molecule has 1 saturated heterocycles. The first-order valence-corrected chi connectivity index (χ1v) is 10.3. The number of fused-ring (bicyclic) bond motifs is 1. The summed E-state index contributed by atoms with van der Waals surface area (Å²) in [5.41, 5.74) is 0.914. The highest BCUT2D eigenvalue weighted by atomic mass is 32.1. The Hall–Kier alpha value is -3.79. The Morgan fingerprint density at radius 1 is 1.10 bits per heavy atom. The van der Waals surface area contributed by atoms with Gasteiger partial charge in [0.05, 0.1) is 11.6 Å². The summed E-state index contributed by atoms with van der Waals surface area (Å²) in [5.74, 6) is -0.872. The minimum atomic E-state index is -0.872. The molecule has 3 aromatic rings. The van der Waals surface area contributed by atoms with Crippen LogP contribution in [-0.4, -0.2) is 45.2 Å². The first kappa shape index (κ1) is 19.2. The van der Waals surface area contributed by atoms with Gasteiger partial charge in [-0.1, -0.05) is 11.3 Å². The van der Waals surface area contributed by atoms with Crippen LogP contribution in [0.4, 0.5) is 5.13 Å². The van der Waals surface area contributed by atoms with Crippen LogP contribution in [0, 0.1) is 6.92 Å². The number of Topliss-reactive ketones (excluding diaryl/α,β-unsaturated/α-hetero) is 1. The van der Waals surface area contributed by atoms with Crippen molar-refractivity contribution < 1.29 is 24.2 Å². The van der Waals surface area contributed by atoms with Crippen LogP contribution in [0.1, 0.15) is 22.2 Å². The second-order valence-electron chi connectivity index (χ2n) is 6.91. The van der Waals surface area contributed by atoms with Crippen LogP contribution in [0.15, 0.2) is 48.3 Å². The van der Waals surface area contributed by atoms with Gasteiger partial charge in [-0.3, -0.25) is 19.5 Å². The largest absolute Gasteiger partial charge is 0.507 e. The number of hydrogen-bond acceptors (Lipinski definition) is 9. The van der Waals surface area contributed by atoms with Crippen LogP contribution < -0.4 is 14.4 Å². The number of benzene rings is 1. The van der Waals surface area contributed by atoms with E-state index in [-0.39, 0.29) is 16.5 Å². The molecule has 0 spiro atoms. The monoisotopic (exact) mass is 436 g/mol. The fraction of sp³-hybridized carbons (Fsp3) is 0.190. The maximum absolute atomic E-state index is 13.1. The van der Waals surface area contributed by atoms with Gasteiger partial charge in [-0.05, 0) is 42.8 Å². The predicted molar refractivity (Wildman–Crippen MR) is 111 cm³/mol. The second-order valence-corrected chi connectivity index (χ2v) is 8.07. The van der Waals surface area contributed by atoms with E-state index in [1.54, 1.807) is 49.6 Å². The molecule has 1 fully saturated rings. The summed E-state index contributed by atoms with van der Waals surface area (Å²) in [6, 6.07) is 7.38. The zero-order valence-electron chi connectivity index (χ0n) is 16.3. The van der Waals surface area contributed by atoms with Gasteiger partial charge in [-0.25, -0.2) is 0 Å². The first-order chi connectivity index (χ1) is 15.0. The lowest BCUT2D eigenvalue weighted by Gasteiger charge is -2.22. The average Bonchev–Trinajstić information content (AvgIpc) is 3.34. The van der Waals surface area contributed by atoms with Crippen molar-refractivity contribution in [1.29, 1.82) is 0 Å². The van der Waals surface area contributed by atoms with E-state index in [0.29, 0.717) is 40.8 Å². The molecular weight excluding hydrogens is 420 g/mol. The van der Waals surface area contributed by atoms with E-state index in [1.165, 1.54) is 16.2 Å². The summed E-state index contributed by atoms with van der Waals surface area (Å²) in [5, 5.41) is 20.1. The van der Waals surface area contributed by atoms with Gasteiger partial charge in [0.15, 0.2) is 11.5 Å². The minimum absolute atomic E-state index is 0.0410. The van der Waals surface area contributed by atoms with Crippen LogP contribution in [-0.2, 0) is 9.59 Å². The summed E-state index contributed by atoms with van der Waals surface area (Å²) in [4.78, 5) is 31.3. The maximum atomic E-state index is 13.1. The third-order valence-electron chi connectivity index (χ3n) is 5.00. The summed E-state index contributed by atoms with van der Waals surface area (Å²) in [6.07, 6.45) is 3.12. The number of aliphatic hydroxyl groups excluding tert-OH is 1. The lowest BCUT2D eigenvalue weighted by Crippen LogP contribution is -2.29. The highest BCUT2D eigenvalue weighted by molar-refractivity contribution is 7.15. The summed E-state index contributed by atoms with van der Waals surface area (Å²) in [6.45, 7) is 2.58. The molecule has 1 amide bonds. The number of anilines is 1. The van der Waals surface area contributed by atoms with Crippen LogP contribution in [0.2, 0.25) is 0 Å². The molecule has 4 heterocycles. The van der Waals surface area contributed by atoms with Crippen molar-refractivity contribution in [3.05, 3.63) is 64.4 Å². The summed E-state index contributed by atoms with van der Waals surface area (Å²) < 4.78 is 11.1. The molecule has 2 aromatic heterocycles. The smallest absolute Gasteiger partial charge is 0.301 e. The molecule has 1 aromatic carbocycles. The molecule has 10 heteroatoms. The molecule has 0 saturated carbocycles. The van der Waals surface area contributed by atoms with Crippen molar-refractivity contribution in [2.24, 2.45) is 0 Å². The lowest BCUT2D eigenvalue weighted by atomic mass is 9.96. The Kier molecular flexibility index (Phi) is 4.63. The summed E-state index contributed by atoms with van der Waals surface area (Å²) >= 11 is 1.19. The highest BCUT2D eigenvalue weighted by Crippen LogP contribution is 2.43. The van der Waals surface area contributed by atoms with E-state index < -0.39 is 17.7 Å². The zero-order chi connectivity index (χ0) is 21.5. The van der Waals surface area contributed by atoms with Crippen LogP contribution in [0.25, 0.3) is 5.76 Å². The number of aliphatic hydroxyl groups is 1. The number of hydrogen-bond donors (Lipinski definition) is 1. The van der Waals surface area contributed by atoms with Gasteiger partial charge in [0.2, 0.25) is 5.13 Å². The minimum Gasteiger partial charge on any atom is -0.507 e. The van der Waals surface area contributed by atoms with Crippen molar-refractivity contribution in [2.75, 3.05) is 18.1 Å². The maximum Gasteiger partial charge on any atom is 0.301 e. The number of ether oxygens (including phenoxy) is 2. The standard InChI is InChI=1S/C21H16N4O5S/c1-11-23-24-21(31-11)25-17(12-4-6-22-7-5-12)16(19(27)20(25)28)18(26)13-2-3-14-15(10-13)30-9-8-29-14/h2-7,10,17,26H,8-9H2,1H3. The van der Waals surface area contributed by atoms with Gasteiger partial charge in [0.25, 0.3) is 5.78 Å². The Balaban J connectivity index is 1.68. The Labute approximate surface area is 180 Å². The SMILES string of the molecule is Cc1nnc(N2C(=O)C(=O)C(=C(O)c3ccc4c(c3)OCCO4)C2c2ccncc2)s1. The van der Waals surface area contributed by atoms with Crippen LogP contribution >= 0.6 is 11.3 Å². The van der Waals surface area contributed by atoms with E-state index in [0.717, 1.165) is 0 Å². The molecule has 31 heavy (non-hydrogen) atoms. The van der Waals surface area contributed by atoms with Crippen LogP contribution in [0.3, 0.4) is 0 Å². The number of ketones is 1. The van der Waals surface area contributed by atoms with Crippen molar-refractivity contribution in [3.8, 4) is 11.5 Å². The van der Waals surface area contributed by atoms with E-state index in [9.17, 15) is 14.7 Å². The molecule has 2 aliphatic heterocycles. The number of rotatable bonds is 3. The van der Waals surface area contributed by atoms with E-state index >= 15 is 0 Å². The normalized spacial score (nSPS) is 19.6. The molecule has 156 valence electrons.